The van der Waals surface area contributed by atoms with Crippen LogP contribution in [0.3, 0.4) is 0 Å². The Hall–Kier alpha value is -1.69. The van der Waals surface area contributed by atoms with Gasteiger partial charge in [0.1, 0.15) is 17.2 Å². The summed E-state index contributed by atoms with van der Waals surface area (Å²) in [5, 5.41) is 5.51. The van der Waals surface area contributed by atoms with Gasteiger partial charge in [0.25, 0.3) is 0 Å². The highest BCUT2D eigenvalue weighted by molar-refractivity contribution is 5.67. The number of amides is 1. The number of benzene rings is 1. The lowest BCUT2D eigenvalue weighted by Gasteiger charge is -2.20. The summed E-state index contributed by atoms with van der Waals surface area (Å²) in [6.45, 7) is 7.65. The zero-order valence-corrected chi connectivity index (χ0v) is 12.8. The number of nitrogens with one attached hydrogen (secondary N) is 2. The molecule has 0 saturated heterocycles. The largest absolute Gasteiger partial charge is 0.444 e. The van der Waals surface area contributed by atoms with Gasteiger partial charge in [-0.2, -0.15) is 0 Å². The summed E-state index contributed by atoms with van der Waals surface area (Å²) in [5.41, 5.74) is -0.559. The molecular weight excluding hydrogens is 278 g/mol. The predicted octanol–water partition coefficient (Wildman–Crippen LogP) is 3.14. The van der Waals surface area contributed by atoms with Crippen LogP contribution in [-0.4, -0.2) is 24.8 Å². The number of hydrogen-bond donors (Lipinski definition) is 2. The molecule has 0 aliphatic heterocycles. The molecule has 1 aromatic rings. The van der Waals surface area contributed by atoms with Crippen LogP contribution in [0.1, 0.15) is 39.3 Å². The van der Waals surface area contributed by atoms with Crippen LogP contribution < -0.4 is 10.6 Å². The molecular formula is C15H22F2N2O2. The second kappa shape index (κ2) is 7.36. The van der Waals surface area contributed by atoms with Gasteiger partial charge in [-0.1, -0.05) is 6.07 Å². The summed E-state index contributed by atoms with van der Waals surface area (Å²) in [4.78, 5) is 11.4. The Bertz CT molecular complexity index is 467. The Labute approximate surface area is 123 Å². The van der Waals surface area contributed by atoms with E-state index >= 15 is 0 Å². The van der Waals surface area contributed by atoms with Crippen molar-refractivity contribution in [3.63, 3.8) is 0 Å². The number of carbonyl (C=O) groups excluding carboxylic acids is 1. The van der Waals surface area contributed by atoms with Crippen molar-refractivity contribution in [2.24, 2.45) is 0 Å². The van der Waals surface area contributed by atoms with Crippen molar-refractivity contribution in [1.29, 1.82) is 0 Å². The minimum Gasteiger partial charge on any atom is -0.444 e. The van der Waals surface area contributed by atoms with Gasteiger partial charge in [-0.15, -0.1) is 0 Å². The third-order valence-corrected chi connectivity index (χ3v) is 2.68. The average Bonchev–Trinajstić information content (AvgIpc) is 2.32. The van der Waals surface area contributed by atoms with Crippen LogP contribution in [0.5, 0.6) is 0 Å². The fraction of sp³-hybridized carbons (Fsp3) is 0.533. The van der Waals surface area contributed by atoms with Gasteiger partial charge in [0.2, 0.25) is 0 Å². The SMILES string of the molecule is CC(NCCNC(=O)OC(C)(C)C)c1c(F)cccc1F. The number of halogens is 2. The summed E-state index contributed by atoms with van der Waals surface area (Å²) >= 11 is 0. The number of ether oxygens (including phenoxy) is 1. The number of rotatable bonds is 5. The van der Waals surface area contributed by atoms with E-state index in [-0.39, 0.29) is 5.56 Å². The van der Waals surface area contributed by atoms with Gasteiger partial charge in [-0.05, 0) is 39.8 Å². The highest BCUT2D eigenvalue weighted by Crippen LogP contribution is 2.19. The molecule has 0 bridgehead atoms. The molecule has 0 aromatic heterocycles. The van der Waals surface area contributed by atoms with Crippen molar-refractivity contribution < 1.29 is 18.3 Å². The monoisotopic (exact) mass is 300 g/mol. The smallest absolute Gasteiger partial charge is 0.407 e. The van der Waals surface area contributed by atoms with Crippen LogP contribution in [0.15, 0.2) is 18.2 Å². The van der Waals surface area contributed by atoms with E-state index in [1.807, 2.05) is 0 Å². The first-order valence-electron chi connectivity index (χ1n) is 6.85. The molecule has 6 heteroatoms. The van der Waals surface area contributed by atoms with Gasteiger partial charge in [0, 0.05) is 24.7 Å². The highest BCUT2D eigenvalue weighted by Gasteiger charge is 2.17. The first-order chi connectivity index (χ1) is 9.70. The molecule has 1 aromatic carbocycles. The minimum atomic E-state index is -0.588. The summed E-state index contributed by atoms with van der Waals surface area (Å²) < 4.78 is 32.2. The standard InChI is InChI=1S/C15H22F2N2O2/c1-10(13-11(16)6-5-7-12(13)17)18-8-9-19-14(20)21-15(2,3)4/h5-7,10,18H,8-9H2,1-4H3,(H,19,20). The van der Waals surface area contributed by atoms with Gasteiger partial charge in [-0.25, -0.2) is 13.6 Å². The second-order valence-corrected chi connectivity index (χ2v) is 5.74. The summed E-state index contributed by atoms with van der Waals surface area (Å²) in [7, 11) is 0. The van der Waals surface area contributed by atoms with E-state index in [1.54, 1.807) is 27.7 Å². The van der Waals surface area contributed by atoms with Crippen molar-refractivity contribution in [2.45, 2.75) is 39.3 Å². The van der Waals surface area contributed by atoms with Gasteiger partial charge in [0.15, 0.2) is 0 Å². The van der Waals surface area contributed by atoms with Crippen molar-refractivity contribution in [3.05, 3.63) is 35.4 Å². The lowest BCUT2D eigenvalue weighted by Crippen LogP contribution is -2.37. The number of hydrogen-bond acceptors (Lipinski definition) is 3. The third-order valence-electron chi connectivity index (χ3n) is 2.68. The lowest BCUT2D eigenvalue weighted by atomic mass is 10.1. The predicted molar refractivity (Wildman–Crippen MR) is 77.0 cm³/mol. The summed E-state index contributed by atoms with van der Waals surface area (Å²) in [6.07, 6.45) is -0.519. The minimum absolute atomic E-state index is 0.00484. The van der Waals surface area contributed by atoms with Crippen LogP contribution in [-0.2, 0) is 4.74 Å². The van der Waals surface area contributed by atoms with E-state index in [0.717, 1.165) is 0 Å². The number of alkyl carbamates (subject to hydrolysis) is 1. The second-order valence-electron chi connectivity index (χ2n) is 5.74. The maximum absolute atomic E-state index is 13.6. The summed E-state index contributed by atoms with van der Waals surface area (Å²) in [5.74, 6) is -1.18. The Morgan fingerprint density at radius 3 is 2.33 bits per heavy atom. The molecule has 1 amide bonds. The van der Waals surface area contributed by atoms with E-state index in [4.69, 9.17) is 4.74 Å². The molecule has 21 heavy (non-hydrogen) atoms. The first-order valence-corrected chi connectivity index (χ1v) is 6.85. The highest BCUT2D eigenvalue weighted by atomic mass is 19.1. The quantitative estimate of drug-likeness (QED) is 0.821. The zero-order valence-electron chi connectivity index (χ0n) is 12.8. The topological polar surface area (TPSA) is 50.4 Å². The van der Waals surface area contributed by atoms with Crippen molar-refractivity contribution in [1.82, 2.24) is 10.6 Å². The Kier molecular flexibility index (Phi) is 6.08. The Morgan fingerprint density at radius 2 is 1.81 bits per heavy atom. The van der Waals surface area contributed by atoms with Crippen molar-refractivity contribution >= 4 is 6.09 Å². The molecule has 1 atom stereocenters. The number of carbonyl (C=O) groups is 1. The Morgan fingerprint density at radius 1 is 1.24 bits per heavy atom. The van der Waals surface area contributed by atoms with Gasteiger partial charge in [0.05, 0.1) is 0 Å². The van der Waals surface area contributed by atoms with E-state index in [9.17, 15) is 13.6 Å². The maximum Gasteiger partial charge on any atom is 0.407 e. The molecule has 0 aliphatic carbocycles. The van der Waals surface area contributed by atoms with Crippen molar-refractivity contribution in [2.75, 3.05) is 13.1 Å². The van der Waals surface area contributed by atoms with Crippen LogP contribution in [0, 0.1) is 11.6 Å². The van der Waals surface area contributed by atoms with Crippen molar-refractivity contribution in [3.8, 4) is 0 Å². The lowest BCUT2D eigenvalue weighted by molar-refractivity contribution is 0.0528. The molecule has 0 aliphatic rings. The van der Waals surface area contributed by atoms with Crippen LogP contribution in [0.2, 0.25) is 0 Å². The van der Waals surface area contributed by atoms with E-state index in [1.165, 1.54) is 18.2 Å². The summed E-state index contributed by atoms with van der Waals surface area (Å²) in [6, 6.07) is 3.27. The third kappa shape index (κ3) is 6.08. The average molecular weight is 300 g/mol. The fourth-order valence-electron chi connectivity index (χ4n) is 1.79. The molecule has 4 nitrogen and oxygen atoms in total. The molecule has 1 unspecified atom stereocenters. The van der Waals surface area contributed by atoms with Crippen LogP contribution in [0.25, 0.3) is 0 Å². The van der Waals surface area contributed by atoms with E-state index in [2.05, 4.69) is 10.6 Å². The van der Waals surface area contributed by atoms with Gasteiger partial charge >= 0.3 is 6.09 Å². The van der Waals surface area contributed by atoms with Gasteiger partial charge < -0.3 is 15.4 Å². The maximum atomic E-state index is 13.6. The molecule has 0 saturated carbocycles. The molecule has 0 heterocycles. The van der Waals surface area contributed by atoms with Crippen LogP contribution >= 0.6 is 0 Å². The van der Waals surface area contributed by atoms with E-state index < -0.39 is 29.4 Å². The normalized spacial score (nSPS) is 12.9. The molecule has 0 spiro atoms. The van der Waals surface area contributed by atoms with Gasteiger partial charge in [-0.3, -0.25) is 0 Å². The fourth-order valence-corrected chi connectivity index (χ4v) is 1.79. The molecule has 0 fully saturated rings. The molecule has 0 radical (unpaired) electrons. The molecule has 2 N–H and O–H groups in total. The van der Waals surface area contributed by atoms with Crippen LogP contribution in [0.4, 0.5) is 13.6 Å². The zero-order chi connectivity index (χ0) is 16.0. The van der Waals surface area contributed by atoms with E-state index in [0.29, 0.717) is 13.1 Å². The first kappa shape index (κ1) is 17.4. The molecule has 1 rings (SSSR count). The molecule has 118 valence electrons. The Balaban J connectivity index is 2.38.